The lowest BCUT2D eigenvalue weighted by Gasteiger charge is -2.29. The summed E-state index contributed by atoms with van der Waals surface area (Å²) in [5.74, 6) is 0.239. The maximum atomic E-state index is 13.1. The monoisotopic (exact) mass is 324 g/mol. The van der Waals surface area contributed by atoms with E-state index in [4.69, 9.17) is 0 Å². The number of carbonyl (C=O) groups is 1. The standard InChI is InChI=1S/C20H21FN2O/c1-23-18-5-3-2-4-16(18)19(20(23)24)17-11-8-14(12-22-17)13-6-9-15(21)10-7-13/h6-12,16,18-19H,2-5H2,1H3/t16-,18+,19-/m1/s1. The number of benzene rings is 1. The summed E-state index contributed by atoms with van der Waals surface area (Å²) in [6.45, 7) is 0. The third-order valence-electron chi connectivity index (χ3n) is 5.60. The van der Waals surface area contributed by atoms with E-state index in [2.05, 4.69) is 4.98 Å². The molecule has 1 aliphatic heterocycles. The highest BCUT2D eigenvalue weighted by Gasteiger charge is 2.48. The van der Waals surface area contributed by atoms with E-state index in [9.17, 15) is 9.18 Å². The number of likely N-dealkylation sites (tertiary alicyclic amines) is 1. The Morgan fingerprint density at radius 1 is 1.04 bits per heavy atom. The first-order valence-electron chi connectivity index (χ1n) is 8.64. The lowest BCUT2D eigenvalue weighted by molar-refractivity contribution is -0.128. The zero-order chi connectivity index (χ0) is 16.7. The molecule has 2 aliphatic rings. The van der Waals surface area contributed by atoms with Gasteiger partial charge in [-0.25, -0.2) is 4.39 Å². The Labute approximate surface area is 141 Å². The van der Waals surface area contributed by atoms with Gasteiger partial charge in [-0.3, -0.25) is 9.78 Å². The van der Waals surface area contributed by atoms with Crippen LogP contribution in [0.4, 0.5) is 4.39 Å². The first-order chi connectivity index (χ1) is 11.6. The molecule has 0 radical (unpaired) electrons. The second-order valence-electron chi connectivity index (χ2n) is 6.92. The maximum absolute atomic E-state index is 13.1. The van der Waals surface area contributed by atoms with Crippen molar-refractivity contribution < 1.29 is 9.18 Å². The topological polar surface area (TPSA) is 33.2 Å². The number of halogens is 1. The molecule has 24 heavy (non-hydrogen) atoms. The minimum Gasteiger partial charge on any atom is -0.342 e. The van der Waals surface area contributed by atoms with E-state index >= 15 is 0 Å². The van der Waals surface area contributed by atoms with Crippen molar-refractivity contribution in [1.82, 2.24) is 9.88 Å². The van der Waals surface area contributed by atoms with Crippen LogP contribution in [0.25, 0.3) is 11.1 Å². The Hall–Kier alpha value is -2.23. The molecular formula is C20H21FN2O. The predicted octanol–water partition coefficient (Wildman–Crippen LogP) is 4.00. The Morgan fingerprint density at radius 2 is 1.75 bits per heavy atom. The molecule has 2 aromatic rings. The van der Waals surface area contributed by atoms with Crippen LogP contribution in [0.15, 0.2) is 42.6 Å². The molecule has 3 nitrogen and oxygen atoms in total. The summed E-state index contributed by atoms with van der Waals surface area (Å²) in [6, 6.07) is 10.7. The molecule has 2 fully saturated rings. The Bertz CT molecular complexity index is 741. The van der Waals surface area contributed by atoms with E-state index in [-0.39, 0.29) is 17.6 Å². The normalized spacial score (nSPS) is 26.5. The van der Waals surface area contributed by atoms with Gasteiger partial charge in [-0.1, -0.05) is 31.0 Å². The van der Waals surface area contributed by atoms with Crippen molar-refractivity contribution >= 4 is 5.91 Å². The fourth-order valence-electron chi connectivity index (χ4n) is 4.32. The van der Waals surface area contributed by atoms with Gasteiger partial charge in [-0.05, 0) is 42.5 Å². The number of aromatic nitrogens is 1. The van der Waals surface area contributed by atoms with Crippen molar-refractivity contribution in [2.75, 3.05) is 7.05 Å². The number of rotatable bonds is 2. The van der Waals surface area contributed by atoms with Crippen LogP contribution >= 0.6 is 0 Å². The fourth-order valence-corrected chi connectivity index (χ4v) is 4.32. The summed E-state index contributed by atoms with van der Waals surface area (Å²) in [5.41, 5.74) is 2.74. The number of likely N-dealkylation sites (N-methyl/N-ethyl adjacent to an activating group) is 1. The number of fused-ring (bicyclic) bond motifs is 1. The molecule has 3 atom stereocenters. The number of carbonyl (C=O) groups excluding carboxylic acids is 1. The van der Waals surface area contributed by atoms with Gasteiger partial charge in [-0.15, -0.1) is 0 Å². The van der Waals surface area contributed by atoms with Crippen molar-refractivity contribution in [2.45, 2.75) is 37.6 Å². The fraction of sp³-hybridized carbons (Fsp3) is 0.400. The Kier molecular flexibility index (Phi) is 3.83. The largest absolute Gasteiger partial charge is 0.342 e. The molecule has 0 bridgehead atoms. The highest BCUT2D eigenvalue weighted by molar-refractivity contribution is 5.86. The molecule has 0 N–H and O–H groups in total. The van der Waals surface area contributed by atoms with E-state index in [0.717, 1.165) is 29.7 Å². The zero-order valence-electron chi connectivity index (χ0n) is 13.8. The molecule has 4 rings (SSSR count). The van der Waals surface area contributed by atoms with Crippen molar-refractivity contribution in [2.24, 2.45) is 5.92 Å². The molecular weight excluding hydrogens is 303 g/mol. The van der Waals surface area contributed by atoms with Crippen molar-refractivity contribution in [3.63, 3.8) is 0 Å². The third kappa shape index (κ3) is 2.50. The Balaban J connectivity index is 1.62. The van der Waals surface area contributed by atoms with Crippen LogP contribution in [0, 0.1) is 11.7 Å². The number of amides is 1. The average Bonchev–Trinajstić information content (AvgIpc) is 2.87. The van der Waals surface area contributed by atoms with Gasteiger partial charge in [0.15, 0.2) is 0 Å². The second-order valence-corrected chi connectivity index (χ2v) is 6.92. The average molecular weight is 324 g/mol. The zero-order valence-corrected chi connectivity index (χ0v) is 13.8. The van der Waals surface area contributed by atoms with Crippen molar-refractivity contribution in [1.29, 1.82) is 0 Å². The summed E-state index contributed by atoms with van der Waals surface area (Å²) < 4.78 is 13.1. The molecule has 2 heterocycles. The van der Waals surface area contributed by atoms with Crippen LogP contribution in [0.1, 0.15) is 37.3 Å². The van der Waals surface area contributed by atoms with E-state index in [1.807, 2.05) is 24.1 Å². The highest BCUT2D eigenvalue weighted by Crippen LogP contribution is 2.44. The smallest absolute Gasteiger partial charge is 0.232 e. The van der Waals surface area contributed by atoms with E-state index in [0.29, 0.717) is 12.0 Å². The van der Waals surface area contributed by atoms with Gasteiger partial charge in [0.2, 0.25) is 5.91 Å². The lowest BCUT2D eigenvalue weighted by atomic mass is 9.78. The van der Waals surface area contributed by atoms with Gasteiger partial charge in [-0.2, -0.15) is 0 Å². The van der Waals surface area contributed by atoms with Crippen molar-refractivity contribution in [3.05, 3.63) is 54.1 Å². The number of hydrogen-bond acceptors (Lipinski definition) is 2. The lowest BCUT2D eigenvalue weighted by Crippen LogP contribution is -2.33. The molecule has 0 spiro atoms. The summed E-state index contributed by atoms with van der Waals surface area (Å²) >= 11 is 0. The van der Waals surface area contributed by atoms with Crippen LogP contribution < -0.4 is 0 Å². The third-order valence-corrected chi connectivity index (χ3v) is 5.60. The summed E-state index contributed by atoms with van der Waals surface area (Å²) in [5, 5.41) is 0. The first-order valence-corrected chi connectivity index (χ1v) is 8.64. The number of hydrogen-bond donors (Lipinski definition) is 0. The summed E-state index contributed by atoms with van der Waals surface area (Å²) in [4.78, 5) is 19.2. The molecule has 1 saturated carbocycles. The molecule has 1 amide bonds. The first kappa shape index (κ1) is 15.3. The van der Waals surface area contributed by atoms with Crippen LogP contribution in [0.5, 0.6) is 0 Å². The SMILES string of the molecule is CN1C(=O)[C@@H](c2ccc(-c3ccc(F)cc3)cn2)[C@@H]2CCCC[C@@H]21. The van der Waals surface area contributed by atoms with Gasteiger partial charge in [0.1, 0.15) is 5.82 Å². The van der Waals surface area contributed by atoms with Crippen LogP contribution in [-0.2, 0) is 4.79 Å². The van der Waals surface area contributed by atoms with Gasteiger partial charge < -0.3 is 4.90 Å². The Morgan fingerprint density at radius 3 is 2.46 bits per heavy atom. The maximum Gasteiger partial charge on any atom is 0.232 e. The van der Waals surface area contributed by atoms with Gasteiger partial charge in [0.25, 0.3) is 0 Å². The summed E-state index contributed by atoms with van der Waals surface area (Å²) in [6.07, 6.45) is 6.42. The number of nitrogens with zero attached hydrogens (tertiary/aromatic N) is 2. The highest BCUT2D eigenvalue weighted by atomic mass is 19.1. The summed E-state index contributed by atoms with van der Waals surface area (Å²) in [7, 11) is 1.93. The van der Waals surface area contributed by atoms with E-state index in [1.54, 1.807) is 18.3 Å². The van der Waals surface area contributed by atoms with Gasteiger partial charge >= 0.3 is 0 Å². The molecule has 1 aliphatic carbocycles. The van der Waals surface area contributed by atoms with Gasteiger partial charge in [0, 0.05) is 24.8 Å². The molecule has 1 saturated heterocycles. The van der Waals surface area contributed by atoms with E-state index in [1.165, 1.54) is 25.0 Å². The molecule has 1 aromatic heterocycles. The molecule has 124 valence electrons. The molecule has 1 aromatic carbocycles. The van der Waals surface area contributed by atoms with Crippen molar-refractivity contribution in [3.8, 4) is 11.1 Å². The molecule has 0 unspecified atom stereocenters. The van der Waals surface area contributed by atoms with Gasteiger partial charge in [0.05, 0.1) is 11.6 Å². The van der Waals surface area contributed by atoms with E-state index < -0.39 is 0 Å². The molecule has 4 heteroatoms. The van der Waals surface area contributed by atoms with Crippen LogP contribution in [0.2, 0.25) is 0 Å². The number of pyridine rings is 1. The predicted molar refractivity (Wildman–Crippen MR) is 90.9 cm³/mol. The minimum atomic E-state index is -0.244. The minimum absolute atomic E-state index is 0.109. The van der Waals surface area contributed by atoms with Crippen LogP contribution in [-0.4, -0.2) is 28.9 Å². The van der Waals surface area contributed by atoms with Crippen LogP contribution in [0.3, 0.4) is 0 Å². The second kappa shape index (κ2) is 6.00. The quantitative estimate of drug-likeness (QED) is 0.836.